The summed E-state index contributed by atoms with van der Waals surface area (Å²) >= 11 is 14.5. The van der Waals surface area contributed by atoms with Gasteiger partial charge in [0, 0.05) is 52.2 Å². The molecule has 8 nitrogen and oxygen atoms in total. The number of carboxylic acids is 2. The zero-order valence-electron chi connectivity index (χ0n) is 20.0. The molecular weight excluding hydrogens is 537 g/mol. The number of hydrogen-bond acceptors (Lipinski definition) is 7. The molecule has 0 atom stereocenters. The SMILES string of the molecule is Clc1ccc2c(c1)C(c1ccccc1Cl)=NCC(SCCCN1CCOCC1)=N2.O=C(O)C=CC(=O)O. The first kappa shape index (κ1) is 28.9. The number of aliphatic imine (C=N–C) groups is 2. The van der Waals surface area contributed by atoms with Crippen molar-refractivity contribution in [2.24, 2.45) is 9.98 Å². The fraction of sp³-hybridized carbons (Fsp3) is 0.308. The lowest BCUT2D eigenvalue weighted by Gasteiger charge is -2.26. The smallest absolute Gasteiger partial charge is 0.328 e. The van der Waals surface area contributed by atoms with Crippen LogP contribution in [0.1, 0.15) is 17.5 Å². The minimum Gasteiger partial charge on any atom is -0.478 e. The van der Waals surface area contributed by atoms with Crippen molar-refractivity contribution in [2.45, 2.75) is 6.42 Å². The van der Waals surface area contributed by atoms with E-state index in [-0.39, 0.29) is 0 Å². The van der Waals surface area contributed by atoms with Gasteiger partial charge in [-0.05, 0) is 37.2 Å². The summed E-state index contributed by atoms with van der Waals surface area (Å²) in [4.78, 5) is 31.4. The number of aliphatic carboxylic acids is 2. The van der Waals surface area contributed by atoms with Gasteiger partial charge in [0.2, 0.25) is 0 Å². The van der Waals surface area contributed by atoms with E-state index >= 15 is 0 Å². The molecule has 2 aromatic carbocycles. The molecule has 0 spiro atoms. The second-order valence-electron chi connectivity index (χ2n) is 7.98. The average molecular weight is 564 g/mol. The molecule has 196 valence electrons. The Bertz CT molecular complexity index is 1180. The van der Waals surface area contributed by atoms with E-state index in [0.29, 0.717) is 28.7 Å². The van der Waals surface area contributed by atoms with Gasteiger partial charge in [-0.15, -0.1) is 11.8 Å². The van der Waals surface area contributed by atoms with Crippen molar-refractivity contribution in [3.05, 3.63) is 75.8 Å². The fourth-order valence-electron chi connectivity index (χ4n) is 3.60. The molecule has 2 heterocycles. The van der Waals surface area contributed by atoms with Crippen LogP contribution in [0.3, 0.4) is 0 Å². The van der Waals surface area contributed by atoms with Crippen LogP contribution in [0.15, 0.2) is 64.6 Å². The first-order valence-electron chi connectivity index (χ1n) is 11.6. The standard InChI is InChI=1S/C22H23Cl2N3OS.C4H4O4/c23-16-6-7-20-18(14-16)22(17-4-1-2-5-19(17)24)25-15-21(26-20)29-13-3-8-27-9-11-28-12-10-27;5-3(6)1-2-4(7)8/h1-2,4-7,14H,3,8-13,15H2;1-2H,(H,5,6)(H,7,8). The Morgan fingerprint density at radius 3 is 2.41 bits per heavy atom. The Balaban J connectivity index is 0.000000414. The zero-order chi connectivity index (χ0) is 26.6. The number of thioether (sulfide) groups is 1. The minimum atomic E-state index is -1.26. The summed E-state index contributed by atoms with van der Waals surface area (Å²) in [7, 11) is 0. The maximum absolute atomic E-state index is 9.55. The zero-order valence-corrected chi connectivity index (χ0v) is 22.3. The first-order valence-corrected chi connectivity index (χ1v) is 13.3. The van der Waals surface area contributed by atoms with Gasteiger partial charge < -0.3 is 14.9 Å². The normalized spacial score (nSPS) is 15.6. The molecule has 0 unspecified atom stereocenters. The lowest BCUT2D eigenvalue weighted by molar-refractivity contribution is -0.134. The number of carbonyl (C=O) groups is 2. The highest BCUT2D eigenvalue weighted by Gasteiger charge is 2.19. The predicted molar refractivity (Wildman–Crippen MR) is 149 cm³/mol. The topological polar surface area (TPSA) is 112 Å². The number of rotatable bonds is 7. The number of hydrogen-bond donors (Lipinski definition) is 2. The van der Waals surface area contributed by atoms with Gasteiger partial charge in [0.15, 0.2) is 0 Å². The maximum atomic E-state index is 9.55. The van der Waals surface area contributed by atoms with Gasteiger partial charge >= 0.3 is 11.9 Å². The van der Waals surface area contributed by atoms with Crippen molar-refractivity contribution in [1.29, 1.82) is 0 Å². The quantitative estimate of drug-likeness (QED) is 0.358. The number of benzene rings is 2. The molecule has 0 saturated carbocycles. The van der Waals surface area contributed by atoms with E-state index in [2.05, 4.69) is 4.90 Å². The molecule has 0 radical (unpaired) electrons. The monoisotopic (exact) mass is 563 g/mol. The Morgan fingerprint density at radius 1 is 1.03 bits per heavy atom. The average Bonchev–Trinajstić information content (AvgIpc) is 3.06. The van der Waals surface area contributed by atoms with Gasteiger partial charge in [-0.2, -0.15) is 0 Å². The van der Waals surface area contributed by atoms with E-state index < -0.39 is 11.9 Å². The Labute approximate surface area is 229 Å². The molecular formula is C26H27Cl2N3O5S. The molecule has 11 heteroatoms. The van der Waals surface area contributed by atoms with Crippen molar-refractivity contribution < 1.29 is 24.5 Å². The van der Waals surface area contributed by atoms with Crippen LogP contribution in [0, 0.1) is 0 Å². The fourth-order valence-corrected chi connectivity index (χ4v) is 4.83. The van der Waals surface area contributed by atoms with Gasteiger partial charge in [-0.1, -0.05) is 41.4 Å². The molecule has 2 aromatic rings. The van der Waals surface area contributed by atoms with E-state index in [1.807, 2.05) is 42.5 Å². The summed E-state index contributed by atoms with van der Waals surface area (Å²) in [5, 5.41) is 18.0. The van der Waals surface area contributed by atoms with E-state index in [1.54, 1.807) is 11.8 Å². The summed E-state index contributed by atoms with van der Waals surface area (Å²) in [6.45, 7) is 5.41. The maximum Gasteiger partial charge on any atom is 0.328 e. The van der Waals surface area contributed by atoms with Crippen LogP contribution in [-0.4, -0.2) is 83.0 Å². The third kappa shape index (κ3) is 9.60. The van der Waals surface area contributed by atoms with E-state index in [1.165, 1.54) is 0 Å². The number of nitrogens with zero attached hydrogens (tertiary/aromatic N) is 3. The molecule has 0 aliphatic carbocycles. The largest absolute Gasteiger partial charge is 0.478 e. The first-order chi connectivity index (χ1) is 17.8. The van der Waals surface area contributed by atoms with Crippen LogP contribution in [0.5, 0.6) is 0 Å². The molecule has 0 aromatic heterocycles. The summed E-state index contributed by atoms with van der Waals surface area (Å²) in [6.07, 6.45) is 2.24. The van der Waals surface area contributed by atoms with Gasteiger partial charge in [0.25, 0.3) is 0 Å². The van der Waals surface area contributed by atoms with Gasteiger partial charge in [0.05, 0.1) is 36.2 Å². The van der Waals surface area contributed by atoms with Crippen LogP contribution < -0.4 is 0 Å². The predicted octanol–water partition coefficient (Wildman–Crippen LogP) is 5.04. The van der Waals surface area contributed by atoms with Crippen molar-refractivity contribution in [3.63, 3.8) is 0 Å². The number of halogens is 2. The second kappa shape index (κ2) is 14.9. The number of morpholine rings is 1. The van der Waals surface area contributed by atoms with E-state index in [9.17, 15) is 9.59 Å². The summed E-state index contributed by atoms with van der Waals surface area (Å²) in [5.74, 6) is -1.49. The molecule has 1 fully saturated rings. The van der Waals surface area contributed by atoms with Crippen LogP contribution >= 0.6 is 35.0 Å². The van der Waals surface area contributed by atoms with Gasteiger partial charge in [-0.3, -0.25) is 9.89 Å². The number of carboxylic acid groups (broad SMARTS) is 2. The van der Waals surface area contributed by atoms with Crippen LogP contribution in [0.25, 0.3) is 0 Å². The summed E-state index contributed by atoms with van der Waals surface area (Å²) < 4.78 is 5.41. The molecule has 0 bridgehead atoms. The minimum absolute atomic E-state index is 0.551. The second-order valence-corrected chi connectivity index (χ2v) is 9.99. The van der Waals surface area contributed by atoms with Crippen molar-refractivity contribution in [1.82, 2.24) is 4.90 Å². The number of ether oxygens (including phenoxy) is 1. The van der Waals surface area contributed by atoms with Gasteiger partial charge in [-0.25, -0.2) is 14.6 Å². The van der Waals surface area contributed by atoms with Crippen molar-refractivity contribution in [2.75, 3.05) is 45.1 Å². The highest BCUT2D eigenvalue weighted by molar-refractivity contribution is 8.14. The Kier molecular flexibility index (Phi) is 11.6. The molecule has 0 amide bonds. The van der Waals surface area contributed by atoms with Gasteiger partial charge in [0.1, 0.15) is 0 Å². The van der Waals surface area contributed by atoms with Crippen LogP contribution in [0.4, 0.5) is 5.69 Å². The highest BCUT2D eigenvalue weighted by atomic mass is 35.5. The molecule has 2 N–H and O–H groups in total. The third-order valence-corrected chi connectivity index (χ3v) is 6.93. The van der Waals surface area contributed by atoms with Crippen LogP contribution in [0.2, 0.25) is 10.0 Å². The lowest BCUT2D eigenvalue weighted by atomic mass is 10.0. The van der Waals surface area contributed by atoms with Crippen LogP contribution in [-0.2, 0) is 14.3 Å². The highest BCUT2D eigenvalue weighted by Crippen LogP contribution is 2.31. The summed E-state index contributed by atoms with van der Waals surface area (Å²) in [6, 6.07) is 13.5. The molecule has 4 rings (SSSR count). The molecule has 2 aliphatic heterocycles. The number of fused-ring (bicyclic) bond motifs is 1. The van der Waals surface area contributed by atoms with E-state index in [4.69, 9.17) is 48.1 Å². The molecule has 2 aliphatic rings. The molecule has 1 saturated heterocycles. The lowest BCUT2D eigenvalue weighted by Crippen LogP contribution is -2.37. The van der Waals surface area contributed by atoms with Crippen molar-refractivity contribution in [3.8, 4) is 0 Å². The summed E-state index contributed by atoms with van der Waals surface area (Å²) in [5.41, 5.74) is 3.57. The Hall–Kier alpha value is -2.69. The third-order valence-electron chi connectivity index (χ3n) is 5.32. The van der Waals surface area contributed by atoms with E-state index in [0.717, 1.165) is 72.6 Å². The molecule has 37 heavy (non-hydrogen) atoms. The Morgan fingerprint density at radius 2 is 1.73 bits per heavy atom. The van der Waals surface area contributed by atoms with Crippen molar-refractivity contribution >= 4 is 63.3 Å².